The zero-order valence-electron chi connectivity index (χ0n) is 11.4. The van der Waals surface area contributed by atoms with Gasteiger partial charge < -0.3 is 15.0 Å². The molecule has 0 radical (unpaired) electrons. The van der Waals surface area contributed by atoms with E-state index >= 15 is 0 Å². The molecule has 16 heavy (non-hydrogen) atoms. The maximum absolute atomic E-state index is 5.40. The number of nitrogens with one attached hydrogen (secondary N) is 1. The Bertz CT molecular complexity index is 188. The summed E-state index contributed by atoms with van der Waals surface area (Å²) >= 11 is 0. The summed E-state index contributed by atoms with van der Waals surface area (Å²) in [5.41, 5.74) is -0.0594. The second-order valence-corrected chi connectivity index (χ2v) is 5.61. The zero-order valence-corrected chi connectivity index (χ0v) is 11.4. The van der Waals surface area contributed by atoms with Crippen LogP contribution in [-0.2, 0) is 4.74 Å². The highest BCUT2D eigenvalue weighted by molar-refractivity contribution is 4.76. The molecule has 1 unspecified atom stereocenters. The predicted molar refractivity (Wildman–Crippen MR) is 68.8 cm³/mol. The molecule has 0 aromatic rings. The van der Waals surface area contributed by atoms with Crippen molar-refractivity contribution >= 4 is 0 Å². The SMILES string of the molecule is COC(C)(C)CNC(C)CN1CCCCC1. The fraction of sp³-hybridized carbons (Fsp3) is 1.00. The lowest BCUT2D eigenvalue weighted by Gasteiger charge is -2.31. The van der Waals surface area contributed by atoms with Crippen LogP contribution in [0.4, 0.5) is 0 Å². The second-order valence-electron chi connectivity index (χ2n) is 5.61. The van der Waals surface area contributed by atoms with Gasteiger partial charge in [0, 0.05) is 26.2 Å². The smallest absolute Gasteiger partial charge is 0.0746 e. The van der Waals surface area contributed by atoms with Crippen molar-refractivity contribution in [2.75, 3.05) is 33.3 Å². The van der Waals surface area contributed by atoms with Crippen LogP contribution >= 0.6 is 0 Å². The lowest BCUT2D eigenvalue weighted by molar-refractivity contribution is 0.0203. The molecular formula is C13H28N2O. The Balaban J connectivity index is 2.17. The van der Waals surface area contributed by atoms with Crippen molar-refractivity contribution in [3.63, 3.8) is 0 Å². The molecule has 1 aliphatic heterocycles. The van der Waals surface area contributed by atoms with Crippen LogP contribution in [0.25, 0.3) is 0 Å². The van der Waals surface area contributed by atoms with E-state index in [0.717, 1.165) is 6.54 Å². The maximum atomic E-state index is 5.40. The maximum Gasteiger partial charge on any atom is 0.0746 e. The van der Waals surface area contributed by atoms with E-state index < -0.39 is 0 Å². The average molecular weight is 228 g/mol. The summed E-state index contributed by atoms with van der Waals surface area (Å²) in [5, 5.41) is 3.55. The number of ether oxygens (including phenoxy) is 1. The Kier molecular flexibility index (Phi) is 5.73. The highest BCUT2D eigenvalue weighted by atomic mass is 16.5. The summed E-state index contributed by atoms with van der Waals surface area (Å²) in [5.74, 6) is 0. The molecule has 0 saturated carbocycles. The van der Waals surface area contributed by atoms with E-state index in [9.17, 15) is 0 Å². The van der Waals surface area contributed by atoms with Crippen molar-refractivity contribution in [1.82, 2.24) is 10.2 Å². The van der Waals surface area contributed by atoms with Gasteiger partial charge in [-0.3, -0.25) is 0 Å². The highest BCUT2D eigenvalue weighted by Crippen LogP contribution is 2.09. The third kappa shape index (κ3) is 5.28. The van der Waals surface area contributed by atoms with Gasteiger partial charge in [-0.2, -0.15) is 0 Å². The van der Waals surface area contributed by atoms with E-state index in [1.807, 2.05) is 0 Å². The summed E-state index contributed by atoms with van der Waals surface area (Å²) < 4.78 is 5.40. The van der Waals surface area contributed by atoms with Crippen LogP contribution in [-0.4, -0.2) is 49.8 Å². The summed E-state index contributed by atoms with van der Waals surface area (Å²) in [7, 11) is 1.77. The van der Waals surface area contributed by atoms with E-state index in [4.69, 9.17) is 4.74 Å². The first-order valence-electron chi connectivity index (χ1n) is 6.54. The Morgan fingerprint density at radius 1 is 1.25 bits per heavy atom. The first-order valence-corrected chi connectivity index (χ1v) is 6.54. The van der Waals surface area contributed by atoms with Gasteiger partial charge >= 0.3 is 0 Å². The molecule has 1 aliphatic rings. The Morgan fingerprint density at radius 3 is 2.44 bits per heavy atom. The van der Waals surface area contributed by atoms with Crippen LogP contribution in [0.3, 0.4) is 0 Å². The molecule has 1 fully saturated rings. The van der Waals surface area contributed by atoms with E-state index in [2.05, 4.69) is 31.0 Å². The largest absolute Gasteiger partial charge is 0.377 e. The first-order chi connectivity index (χ1) is 7.53. The lowest BCUT2D eigenvalue weighted by Crippen LogP contribution is -2.46. The van der Waals surface area contributed by atoms with Crippen LogP contribution in [0.1, 0.15) is 40.0 Å². The highest BCUT2D eigenvalue weighted by Gasteiger charge is 2.18. The van der Waals surface area contributed by atoms with E-state index in [-0.39, 0.29) is 5.60 Å². The quantitative estimate of drug-likeness (QED) is 0.751. The summed E-state index contributed by atoms with van der Waals surface area (Å²) in [6.07, 6.45) is 4.15. The van der Waals surface area contributed by atoms with Crippen LogP contribution in [0.15, 0.2) is 0 Å². The Hall–Kier alpha value is -0.120. The molecule has 0 aliphatic carbocycles. The monoisotopic (exact) mass is 228 g/mol. The van der Waals surface area contributed by atoms with Crippen LogP contribution in [0.2, 0.25) is 0 Å². The normalized spacial score (nSPS) is 21.0. The number of hydrogen-bond donors (Lipinski definition) is 1. The van der Waals surface area contributed by atoms with Gasteiger partial charge in [0.2, 0.25) is 0 Å². The zero-order chi connectivity index (χ0) is 12.0. The van der Waals surface area contributed by atoms with E-state index in [0.29, 0.717) is 6.04 Å². The van der Waals surface area contributed by atoms with Crippen LogP contribution in [0.5, 0.6) is 0 Å². The third-order valence-corrected chi connectivity index (χ3v) is 3.41. The van der Waals surface area contributed by atoms with Crippen molar-refractivity contribution < 1.29 is 4.74 Å². The molecule has 0 aromatic carbocycles. The molecule has 1 saturated heterocycles. The van der Waals surface area contributed by atoms with Gasteiger partial charge in [-0.1, -0.05) is 6.42 Å². The number of methoxy groups -OCH3 is 1. The van der Waals surface area contributed by atoms with Gasteiger partial charge in [0.15, 0.2) is 0 Å². The van der Waals surface area contributed by atoms with Gasteiger partial charge in [0.1, 0.15) is 0 Å². The van der Waals surface area contributed by atoms with Gasteiger partial charge in [0.05, 0.1) is 5.60 Å². The number of rotatable bonds is 6. The molecule has 1 rings (SSSR count). The van der Waals surface area contributed by atoms with Crippen LogP contribution in [0, 0.1) is 0 Å². The van der Waals surface area contributed by atoms with Gasteiger partial charge in [-0.05, 0) is 46.7 Å². The van der Waals surface area contributed by atoms with Crippen molar-refractivity contribution in [3.8, 4) is 0 Å². The third-order valence-electron chi connectivity index (χ3n) is 3.41. The number of piperidine rings is 1. The molecule has 1 heterocycles. The number of nitrogens with zero attached hydrogens (tertiary/aromatic N) is 1. The fourth-order valence-corrected chi connectivity index (χ4v) is 2.09. The molecule has 3 nitrogen and oxygen atoms in total. The number of hydrogen-bond acceptors (Lipinski definition) is 3. The molecule has 3 heteroatoms. The minimum atomic E-state index is -0.0594. The number of likely N-dealkylation sites (tertiary alicyclic amines) is 1. The predicted octanol–water partition coefficient (Wildman–Crippen LogP) is 1.88. The molecule has 96 valence electrons. The van der Waals surface area contributed by atoms with Gasteiger partial charge in [0.25, 0.3) is 0 Å². The summed E-state index contributed by atoms with van der Waals surface area (Å²) in [6, 6.07) is 0.549. The van der Waals surface area contributed by atoms with E-state index in [1.165, 1.54) is 38.9 Å². The molecular weight excluding hydrogens is 200 g/mol. The Morgan fingerprint density at radius 2 is 1.88 bits per heavy atom. The molecule has 0 spiro atoms. The first kappa shape index (κ1) is 13.9. The van der Waals surface area contributed by atoms with Crippen molar-refractivity contribution in [2.24, 2.45) is 0 Å². The van der Waals surface area contributed by atoms with Gasteiger partial charge in [-0.15, -0.1) is 0 Å². The van der Waals surface area contributed by atoms with E-state index in [1.54, 1.807) is 7.11 Å². The van der Waals surface area contributed by atoms with Crippen LogP contribution < -0.4 is 5.32 Å². The molecule has 0 aromatic heterocycles. The topological polar surface area (TPSA) is 24.5 Å². The minimum absolute atomic E-state index is 0.0594. The molecule has 1 atom stereocenters. The fourth-order valence-electron chi connectivity index (χ4n) is 2.09. The van der Waals surface area contributed by atoms with Gasteiger partial charge in [-0.25, -0.2) is 0 Å². The molecule has 0 bridgehead atoms. The second kappa shape index (κ2) is 6.58. The minimum Gasteiger partial charge on any atom is -0.377 e. The van der Waals surface area contributed by atoms with Crippen molar-refractivity contribution in [1.29, 1.82) is 0 Å². The molecule has 1 N–H and O–H groups in total. The standard InChI is InChI=1S/C13H28N2O/c1-12(14-11-13(2,3)16-4)10-15-8-6-5-7-9-15/h12,14H,5-11H2,1-4H3. The van der Waals surface area contributed by atoms with Crippen molar-refractivity contribution in [2.45, 2.75) is 51.7 Å². The summed E-state index contributed by atoms with van der Waals surface area (Å²) in [4.78, 5) is 2.57. The molecule has 0 amide bonds. The lowest BCUT2D eigenvalue weighted by atomic mass is 10.1. The summed E-state index contributed by atoms with van der Waals surface area (Å²) in [6.45, 7) is 11.1. The Labute approximate surface area is 101 Å². The average Bonchev–Trinajstić information content (AvgIpc) is 2.28. The van der Waals surface area contributed by atoms with Crippen molar-refractivity contribution in [3.05, 3.63) is 0 Å².